The second kappa shape index (κ2) is 5.65. The SMILES string of the molecule is CC(C)c1ccc(C(C(=O)O)c2cccnc2)cc1. The average Bonchev–Trinajstić information content (AvgIpc) is 2.40. The van der Waals surface area contributed by atoms with Crippen molar-refractivity contribution >= 4 is 5.97 Å². The largest absolute Gasteiger partial charge is 0.481 e. The van der Waals surface area contributed by atoms with Gasteiger partial charge in [-0.1, -0.05) is 44.2 Å². The van der Waals surface area contributed by atoms with E-state index in [9.17, 15) is 9.90 Å². The van der Waals surface area contributed by atoms with Crippen molar-refractivity contribution in [1.82, 2.24) is 4.98 Å². The summed E-state index contributed by atoms with van der Waals surface area (Å²) in [5.41, 5.74) is 2.69. The molecule has 19 heavy (non-hydrogen) atoms. The van der Waals surface area contributed by atoms with Crippen LogP contribution in [-0.2, 0) is 4.79 Å². The summed E-state index contributed by atoms with van der Waals surface area (Å²) in [6.45, 7) is 4.23. The van der Waals surface area contributed by atoms with Gasteiger partial charge in [-0.05, 0) is 28.7 Å². The molecule has 0 fully saturated rings. The van der Waals surface area contributed by atoms with Crippen LogP contribution in [0.2, 0.25) is 0 Å². The zero-order valence-corrected chi connectivity index (χ0v) is 11.1. The first-order valence-corrected chi connectivity index (χ1v) is 6.32. The Morgan fingerprint density at radius 1 is 1.05 bits per heavy atom. The first-order chi connectivity index (χ1) is 9.09. The molecule has 1 N–H and O–H groups in total. The van der Waals surface area contributed by atoms with Gasteiger partial charge < -0.3 is 5.11 Å². The van der Waals surface area contributed by atoms with Crippen molar-refractivity contribution < 1.29 is 9.90 Å². The Labute approximate surface area is 112 Å². The summed E-state index contributed by atoms with van der Waals surface area (Å²) in [5, 5.41) is 9.43. The second-order valence-electron chi connectivity index (χ2n) is 4.88. The molecule has 2 rings (SSSR count). The predicted octanol–water partition coefficient (Wildman–Crippen LogP) is 3.42. The fourth-order valence-corrected chi connectivity index (χ4v) is 2.10. The van der Waals surface area contributed by atoms with E-state index in [2.05, 4.69) is 18.8 Å². The minimum Gasteiger partial charge on any atom is -0.481 e. The molecular formula is C16H17NO2. The van der Waals surface area contributed by atoms with Crippen molar-refractivity contribution in [3.8, 4) is 0 Å². The van der Waals surface area contributed by atoms with Crippen LogP contribution in [0.15, 0.2) is 48.8 Å². The van der Waals surface area contributed by atoms with Crippen molar-refractivity contribution in [2.45, 2.75) is 25.7 Å². The van der Waals surface area contributed by atoms with Crippen molar-refractivity contribution in [2.75, 3.05) is 0 Å². The van der Waals surface area contributed by atoms with Crippen molar-refractivity contribution in [1.29, 1.82) is 0 Å². The van der Waals surface area contributed by atoms with Crippen LogP contribution in [0.4, 0.5) is 0 Å². The van der Waals surface area contributed by atoms with Crippen LogP contribution >= 0.6 is 0 Å². The maximum absolute atomic E-state index is 11.5. The Morgan fingerprint density at radius 3 is 2.16 bits per heavy atom. The summed E-state index contributed by atoms with van der Waals surface area (Å²) < 4.78 is 0. The molecule has 1 heterocycles. The molecule has 0 saturated heterocycles. The summed E-state index contributed by atoms with van der Waals surface area (Å²) in [6.07, 6.45) is 3.25. The lowest BCUT2D eigenvalue weighted by atomic mass is 9.91. The third kappa shape index (κ3) is 2.99. The van der Waals surface area contributed by atoms with Gasteiger partial charge >= 0.3 is 5.97 Å². The Bertz CT molecular complexity index is 547. The summed E-state index contributed by atoms with van der Waals surface area (Å²) in [4.78, 5) is 15.5. The van der Waals surface area contributed by atoms with Crippen LogP contribution in [-0.4, -0.2) is 16.1 Å². The van der Waals surface area contributed by atoms with E-state index in [-0.39, 0.29) is 0 Å². The fraction of sp³-hybridized carbons (Fsp3) is 0.250. The van der Waals surface area contributed by atoms with E-state index < -0.39 is 11.9 Å². The number of hydrogen-bond acceptors (Lipinski definition) is 2. The number of rotatable bonds is 4. The molecule has 1 aromatic carbocycles. The van der Waals surface area contributed by atoms with E-state index in [1.807, 2.05) is 24.3 Å². The van der Waals surface area contributed by atoms with Gasteiger partial charge in [-0.2, -0.15) is 0 Å². The number of pyridine rings is 1. The van der Waals surface area contributed by atoms with Gasteiger partial charge in [-0.25, -0.2) is 0 Å². The van der Waals surface area contributed by atoms with Gasteiger partial charge in [0.2, 0.25) is 0 Å². The number of carbonyl (C=O) groups is 1. The smallest absolute Gasteiger partial charge is 0.315 e. The normalized spacial score (nSPS) is 12.4. The van der Waals surface area contributed by atoms with E-state index in [1.165, 1.54) is 5.56 Å². The van der Waals surface area contributed by atoms with Crippen molar-refractivity contribution in [3.63, 3.8) is 0 Å². The lowest BCUT2D eigenvalue weighted by Crippen LogP contribution is -2.13. The summed E-state index contributed by atoms with van der Waals surface area (Å²) in [7, 11) is 0. The highest BCUT2D eigenvalue weighted by Crippen LogP contribution is 2.26. The van der Waals surface area contributed by atoms with Gasteiger partial charge in [0, 0.05) is 12.4 Å². The topological polar surface area (TPSA) is 50.2 Å². The standard InChI is InChI=1S/C16H17NO2/c1-11(2)12-5-7-13(8-6-12)15(16(18)19)14-4-3-9-17-10-14/h3-11,15H,1-2H3,(H,18,19). The third-order valence-corrected chi connectivity index (χ3v) is 3.20. The predicted molar refractivity (Wildman–Crippen MR) is 74.2 cm³/mol. The molecular weight excluding hydrogens is 238 g/mol. The molecule has 0 aliphatic carbocycles. The minimum absolute atomic E-state index is 0.440. The van der Waals surface area contributed by atoms with Gasteiger partial charge in [0.05, 0.1) is 0 Å². The van der Waals surface area contributed by atoms with Gasteiger partial charge in [0.15, 0.2) is 0 Å². The number of aliphatic carboxylic acids is 1. The molecule has 0 bridgehead atoms. The minimum atomic E-state index is -0.856. The molecule has 0 saturated carbocycles. The Hall–Kier alpha value is -2.16. The molecule has 1 atom stereocenters. The lowest BCUT2D eigenvalue weighted by Gasteiger charge is -2.14. The molecule has 0 aliphatic rings. The Morgan fingerprint density at radius 2 is 1.68 bits per heavy atom. The summed E-state index contributed by atoms with van der Waals surface area (Å²) in [6, 6.07) is 11.3. The van der Waals surface area contributed by atoms with Crippen LogP contribution in [0.3, 0.4) is 0 Å². The van der Waals surface area contributed by atoms with E-state index in [1.54, 1.807) is 24.5 Å². The molecule has 2 aromatic rings. The van der Waals surface area contributed by atoms with Crippen LogP contribution in [0, 0.1) is 0 Å². The zero-order chi connectivity index (χ0) is 13.8. The Kier molecular flexibility index (Phi) is 3.95. The van der Waals surface area contributed by atoms with Crippen molar-refractivity contribution in [2.24, 2.45) is 0 Å². The van der Waals surface area contributed by atoms with Crippen LogP contribution in [0.1, 0.15) is 42.4 Å². The zero-order valence-electron chi connectivity index (χ0n) is 11.1. The number of nitrogens with zero attached hydrogens (tertiary/aromatic N) is 1. The number of carboxylic acids is 1. The number of hydrogen-bond donors (Lipinski definition) is 1. The highest BCUT2D eigenvalue weighted by molar-refractivity contribution is 5.80. The monoisotopic (exact) mass is 255 g/mol. The number of carboxylic acid groups (broad SMARTS) is 1. The molecule has 0 spiro atoms. The summed E-state index contributed by atoms with van der Waals surface area (Å²) in [5.74, 6) is -1.07. The third-order valence-electron chi connectivity index (χ3n) is 3.20. The maximum Gasteiger partial charge on any atom is 0.315 e. The summed E-state index contributed by atoms with van der Waals surface area (Å²) >= 11 is 0. The Balaban J connectivity index is 2.38. The number of benzene rings is 1. The highest BCUT2D eigenvalue weighted by Gasteiger charge is 2.22. The van der Waals surface area contributed by atoms with Crippen LogP contribution in [0.25, 0.3) is 0 Å². The highest BCUT2D eigenvalue weighted by atomic mass is 16.4. The number of aromatic nitrogens is 1. The van der Waals surface area contributed by atoms with Gasteiger partial charge in [-0.3, -0.25) is 9.78 Å². The molecule has 0 amide bonds. The molecule has 3 nitrogen and oxygen atoms in total. The quantitative estimate of drug-likeness (QED) is 0.910. The molecule has 1 unspecified atom stereocenters. The molecule has 98 valence electrons. The van der Waals surface area contributed by atoms with E-state index in [0.717, 1.165) is 5.56 Å². The van der Waals surface area contributed by atoms with E-state index >= 15 is 0 Å². The molecule has 0 radical (unpaired) electrons. The second-order valence-corrected chi connectivity index (χ2v) is 4.88. The first-order valence-electron chi connectivity index (χ1n) is 6.32. The van der Waals surface area contributed by atoms with Crippen molar-refractivity contribution in [3.05, 3.63) is 65.5 Å². The molecule has 1 aromatic heterocycles. The van der Waals surface area contributed by atoms with Gasteiger partial charge in [-0.15, -0.1) is 0 Å². The first kappa shape index (κ1) is 13.3. The van der Waals surface area contributed by atoms with Crippen LogP contribution in [0.5, 0.6) is 0 Å². The lowest BCUT2D eigenvalue weighted by molar-refractivity contribution is -0.137. The van der Waals surface area contributed by atoms with Gasteiger partial charge in [0.1, 0.15) is 5.92 Å². The van der Waals surface area contributed by atoms with Crippen LogP contribution < -0.4 is 0 Å². The average molecular weight is 255 g/mol. The van der Waals surface area contributed by atoms with E-state index in [4.69, 9.17) is 0 Å². The van der Waals surface area contributed by atoms with Gasteiger partial charge in [0.25, 0.3) is 0 Å². The molecule has 3 heteroatoms. The molecule has 0 aliphatic heterocycles. The fourth-order valence-electron chi connectivity index (χ4n) is 2.10. The maximum atomic E-state index is 11.5. The van der Waals surface area contributed by atoms with E-state index in [0.29, 0.717) is 11.5 Å².